The van der Waals surface area contributed by atoms with Crippen LogP contribution in [0, 0.1) is 0 Å². The highest BCUT2D eigenvalue weighted by atomic mass is 16.5. The summed E-state index contributed by atoms with van der Waals surface area (Å²) in [6.45, 7) is 10.7. The normalized spacial score (nSPS) is 11.6. The van der Waals surface area contributed by atoms with E-state index in [0.29, 0.717) is 17.2 Å². The average Bonchev–Trinajstić information content (AvgIpc) is 2.67. The van der Waals surface area contributed by atoms with Gasteiger partial charge in [-0.05, 0) is 43.7 Å². The zero-order valence-corrected chi connectivity index (χ0v) is 16.9. The van der Waals surface area contributed by atoms with Crippen molar-refractivity contribution in [2.45, 2.75) is 19.8 Å². The second kappa shape index (κ2) is 12.5. The van der Waals surface area contributed by atoms with E-state index in [1.165, 1.54) is 5.57 Å². The smallest absolute Gasteiger partial charge is 0.164 e. The zero-order valence-electron chi connectivity index (χ0n) is 16.9. The molecule has 0 aliphatic heterocycles. The Kier molecular flexibility index (Phi) is 10.2. The van der Waals surface area contributed by atoms with Crippen molar-refractivity contribution in [3.8, 4) is 17.2 Å². The van der Waals surface area contributed by atoms with Crippen molar-refractivity contribution in [2.24, 2.45) is 0 Å². The molecular formula is C23H31NO3. The standard InChI is InChI=1S/C23H31NO3/c1-7-9-19(13-15-24-14-8-10-18(2)3)11-12-20-16-22(26-5)23(27-6)17-21(20)25-4/h7,9,11-13,15-17,24H,1-2,8,10,14H2,3-6H3/b12-11+,15-13-,19-9-. The Bertz CT molecular complexity index is 715. The number of hydrogen-bond donors (Lipinski definition) is 1. The topological polar surface area (TPSA) is 39.7 Å². The van der Waals surface area contributed by atoms with E-state index in [1.807, 2.05) is 49.6 Å². The summed E-state index contributed by atoms with van der Waals surface area (Å²) >= 11 is 0. The maximum Gasteiger partial charge on any atom is 0.164 e. The van der Waals surface area contributed by atoms with Gasteiger partial charge in [-0.25, -0.2) is 0 Å². The van der Waals surface area contributed by atoms with E-state index in [1.54, 1.807) is 27.4 Å². The number of ether oxygens (including phenoxy) is 3. The number of hydrogen-bond acceptors (Lipinski definition) is 4. The maximum atomic E-state index is 5.46. The molecule has 0 radical (unpaired) electrons. The first-order chi connectivity index (χ1) is 13.0. The van der Waals surface area contributed by atoms with Crippen LogP contribution in [0.4, 0.5) is 0 Å². The van der Waals surface area contributed by atoms with Crippen LogP contribution >= 0.6 is 0 Å². The van der Waals surface area contributed by atoms with E-state index < -0.39 is 0 Å². The minimum Gasteiger partial charge on any atom is -0.496 e. The summed E-state index contributed by atoms with van der Waals surface area (Å²) in [6, 6.07) is 3.70. The van der Waals surface area contributed by atoms with Gasteiger partial charge < -0.3 is 19.5 Å². The van der Waals surface area contributed by atoms with E-state index in [2.05, 4.69) is 18.5 Å². The molecule has 1 rings (SSSR count). The van der Waals surface area contributed by atoms with Gasteiger partial charge in [0.25, 0.3) is 0 Å². The fraction of sp³-hybridized carbons (Fsp3) is 0.304. The molecule has 0 aliphatic rings. The molecule has 0 atom stereocenters. The number of rotatable bonds is 12. The first-order valence-corrected chi connectivity index (χ1v) is 8.90. The van der Waals surface area contributed by atoms with Crippen molar-refractivity contribution < 1.29 is 14.2 Å². The zero-order chi connectivity index (χ0) is 20.1. The number of allylic oxidation sites excluding steroid dienone is 6. The van der Waals surface area contributed by atoms with Gasteiger partial charge in [0.05, 0.1) is 21.3 Å². The summed E-state index contributed by atoms with van der Waals surface area (Å²) in [7, 11) is 4.85. The molecule has 0 amide bonds. The van der Waals surface area contributed by atoms with Crippen LogP contribution in [0.2, 0.25) is 0 Å². The van der Waals surface area contributed by atoms with Crippen LogP contribution in [-0.4, -0.2) is 27.9 Å². The predicted octanol–water partition coefficient (Wildman–Crippen LogP) is 5.30. The van der Waals surface area contributed by atoms with Gasteiger partial charge in [-0.1, -0.05) is 36.5 Å². The highest BCUT2D eigenvalue weighted by Crippen LogP contribution is 2.35. The third-order valence-corrected chi connectivity index (χ3v) is 3.82. The molecule has 0 aromatic heterocycles. The third kappa shape index (κ3) is 7.90. The molecule has 27 heavy (non-hydrogen) atoms. The number of benzene rings is 1. The number of nitrogens with one attached hydrogen (secondary N) is 1. The first kappa shape index (κ1) is 22.2. The van der Waals surface area contributed by atoms with Gasteiger partial charge in [0, 0.05) is 18.2 Å². The highest BCUT2D eigenvalue weighted by molar-refractivity contribution is 5.65. The Morgan fingerprint density at radius 1 is 1.04 bits per heavy atom. The summed E-state index contributed by atoms with van der Waals surface area (Å²) in [4.78, 5) is 0. The third-order valence-electron chi connectivity index (χ3n) is 3.82. The monoisotopic (exact) mass is 369 g/mol. The van der Waals surface area contributed by atoms with Crippen LogP contribution in [0.1, 0.15) is 25.3 Å². The highest BCUT2D eigenvalue weighted by Gasteiger charge is 2.09. The van der Waals surface area contributed by atoms with Crippen molar-refractivity contribution in [1.29, 1.82) is 0 Å². The SMILES string of the molecule is C=C/C=C(\C=C/NCCCC(=C)C)/C=C/c1cc(OC)c(OC)cc1OC. The second-order valence-corrected chi connectivity index (χ2v) is 6.03. The minimum atomic E-state index is 0.632. The van der Waals surface area contributed by atoms with Gasteiger partial charge in [-0.3, -0.25) is 0 Å². The molecule has 0 aliphatic carbocycles. The van der Waals surface area contributed by atoms with Crippen molar-refractivity contribution in [3.63, 3.8) is 0 Å². The first-order valence-electron chi connectivity index (χ1n) is 8.90. The van der Waals surface area contributed by atoms with Crippen molar-refractivity contribution in [1.82, 2.24) is 5.32 Å². The Morgan fingerprint density at radius 2 is 1.70 bits per heavy atom. The Labute approximate surface area is 163 Å². The van der Waals surface area contributed by atoms with Crippen LogP contribution in [0.3, 0.4) is 0 Å². The quantitative estimate of drug-likeness (QED) is 0.308. The summed E-state index contributed by atoms with van der Waals surface area (Å²) < 4.78 is 16.2. The molecule has 0 bridgehead atoms. The molecule has 0 fully saturated rings. The summed E-state index contributed by atoms with van der Waals surface area (Å²) in [5.74, 6) is 2.00. The molecule has 0 saturated carbocycles. The number of methoxy groups -OCH3 is 3. The summed E-state index contributed by atoms with van der Waals surface area (Å²) in [5.41, 5.74) is 3.11. The lowest BCUT2D eigenvalue weighted by molar-refractivity contribution is 0.348. The van der Waals surface area contributed by atoms with Crippen LogP contribution in [0.25, 0.3) is 6.08 Å². The molecule has 0 saturated heterocycles. The van der Waals surface area contributed by atoms with Crippen molar-refractivity contribution in [2.75, 3.05) is 27.9 Å². The Morgan fingerprint density at radius 3 is 2.30 bits per heavy atom. The van der Waals surface area contributed by atoms with Crippen molar-refractivity contribution >= 4 is 6.08 Å². The molecular weight excluding hydrogens is 338 g/mol. The molecule has 1 N–H and O–H groups in total. The van der Waals surface area contributed by atoms with E-state index in [9.17, 15) is 0 Å². The fourth-order valence-corrected chi connectivity index (χ4v) is 2.40. The molecule has 4 heteroatoms. The Hall–Kier alpha value is -2.88. The van der Waals surface area contributed by atoms with Gasteiger partial charge in [0.2, 0.25) is 0 Å². The van der Waals surface area contributed by atoms with Crippen LogP contribution in [0.5, 0.6) is 17.2 Å². The van der Waals surface area contributed by atoms with E-state index in [4.69, 9.17) is 14.2 Å². The molecule has 4 nitrogen and oxygen atoms in total. The molecule has 0 spiro atoms. The van der Waals surface area contributed by atoms with Gasteiger partial charge in [-0.2, -0.15) is 0 Å². The molecule has 146 valence electrons. The van der Waals surface area contributed by atoms with E-state index in [0.717, 1.165) is 30.5 Å². The van der Waals surface area contributed by atoms with Crippen molar-refractivity contribution in [3.05, 3.63) is 72.5 Å². The maximum absolute atomic E-state index is 5.46. The summed E-state index contributed by atoms with van der Waals surface area (Å²) in [6.07, 6.45) is 13.7. The fourth-order valence-electron chi connectivity index (χ4n) is 2.40. The lowest BCUT2D eigenvalue weighted by Gasteiger charge is -2.12. The Balaban J connectivity index is 2.87. The van der Waals surface area contributed by atoms with Gasteiger partial charge in [0.1, 0.15) is 5.75 Å². The van der Waals surface area contributed by atoms with Gasteiger partial charge in [0.15, 0.2) is 11.5 Å². The molecule has 1 aromatic carbocycles. The van der Waals surface area contributed by atoms with E-state index in [-0.39, 0.29) is 0 Å². The predicted molar refractivity (Wildman–Crippen MR) is 115 cm³/mol. The van der Waals surface area contributed by atoms with Gasteiger partial charge >= 0.3 is 0 Å². The molecule has 0 heterocycles. The van der Waals surface area contributed by atoms with Crippen LogP contribution < -0.4 is 19.5 Å². The summed E-state index contributed by atoms with van der Waals surface area (Å²) in [5, 5.41) is 3.29. The largest absolute Gasteiger partial charge is 0.496 e. The lowest BCUT2D eigenvalue weighted by Crippen LogP contribution is -2.06. The minimum absolute atomic E-state index is 0.632. The van der Waals surface area contributed by atoms with E-state index >= 15 is 0 Å². The van der Waals surface area contributed by atoms with Gasteiger partial charge in [-0.15, -0.1) is 6.58 Å². The second-order valence-electron chi connectivity index (χ2n) is 6.03. The average molecular weight is 370 g/mol. The lowest BCUT2D eigenvalue weighted by atomic mass is 10.1. The van der Waals surface area contributed by atoms with Crippen LogP contribution in [-0.2, 0) is 0 Å². The molecule has 0 unspecified atom stereocenters. The van der Waals surface area contributed by atoms with Crippen LogP contribution in [0.15, 0.2) is 66.9 Å². The molecule has 1 aromatic rings.